The third-order valence-electron chi connectivity index (χ3n) is 22.7. The summed E-state index contributed by atoms with van der Waals surface area (Å²) in [5.74, 6) is 0. The highest BCUT2D eigenvalue weighted by Crippen LogP contribution is 2.52. The molecule has 0 amide bonds. The Morgan fingerprint density at radius 3 is 0.769 bits per heavy atom. The molecule has 4 nitrogen and oxygen atoms in total. The Bertz CT molecular complexity index is 6110. The Morgan fingerprint density at radius 2 is 0.433 bits per heavy atom. The van der Waals surface area contributed by atoms with Gasteiger partial charge < -0.3 is 18.8 Å². The Balaban J connectivity index is 0.750. The summed E-state index contributed by atoms with van der Waals surface area (Å²) in [5.41, 5.74) is 41.2. The molecule has 6 heteroatoms. The fraction of sp³-hybridized carbons (Fsp3) is 0. The molecule has 22 rings (SSSR count). The SMILES string of the molecule is c1ccc(-c2ccc(-c3cccc(N4c5cc(-c6ccc(-c7ccccc7)cc6)ccc5B5c6c(cccc64)-c4cccc6c4n5c4c5cccc7c5n(c64)B4c5ccc(-c6ccc(-c8ccccc8)cc6)cc5N(c5cccc(-c6ccc(-c8ccccc8)cc6)c5)c5cccc-7c54)c3)cc2)cc1. The molecule has 0 aliphatic carbocycles. The van der Waals surface area contributed by atoms with E-state index in [0.717, 1.165) is 11.4 Å². The number of hydrogen-bond donors (Lipinski definition) is 0. The first kappa shape index (κ1) is 58.4. The number of hydrogen-bond acceptors (Lipinski definition) is 2. The summed E-state index contributed by atoms with van der Waals surface area (Å²) in [6, 6.07) is 141. The topological polar surface area (TPSA) is 16.3 Å². The zero-order chi connectivity index (χ0) is 68.1. The summed E-state index contributed by atoms with van der Waals surface area (Å²) in [6.07, 6.45) is 0. The van der Waals surface area contributed by atoms with Gasteiger partial charge in [-0.1, -0.05) is 328 Å². The number of para-hydroxylation sites is 2. The number of anilines is 6. The van der Waals surface area contributed by atoms with Crippen LogP contribution in [0.15, 0.2) is 376 Å². The Morgan fingerprint density at radius 1 is 0.173 bits per heavy atom. The van der Waals surface area contributed by atoms with Gasteiger partial charge in [0.2, 0.25) is 0 Å². The van der Waals surface area contributed by atoms with Crippen molar-refractivity contribution in [2.75, 3.05) is 9.80 Å². The van der Waals surface area contributed by atoms with Crippen LogP contribution in [0.25, 0.3) is 144 Å². The summed E-state index contributed by atoms with van der Waals surface area (Å²) in [7, 11) is 0. The van der Waals surface area contributed by atoms with Gasteiger partial charge in [0.15, 0.2) is 0 Å². The summed E-state index contributed by atoms with van der Waals surface area (Å²) in [4.78, 5) is 5.14. The van der Waals surface area contributed by atoms with Gasteiger partial charge in [-0.2, -0.15) is 0 Å². The lowest BCUT2D eigenvalue weighted by atomic mass is 9.45. The predicted molar refractivity (Wildman–Crippen MR) is 440 cm³/mol. The highest BCUT2D eigenvalue weighted by atomic mass is 15.2. The van der Waals surface area contributed by atoms with Crippen LogP contribution in [0.5, 0.6) is 0 Å². The van der Waals surface area contributed by atoms with Crippen molar-refractivity contribution in [2.45, 2.75) is 0 Å². The Kier molecular flexibility index (Phi) is 13.0. The number of fused-ring (bicyclic) bond motifs is 13. The van der Waals surface area contributed by atoms with E-state index in [1.54, 1.807) is 0 Å². The van der Waals surface area contributed by atoms with E-state index in [1.165, 1.54) is 189 Å². The summed E-state index contributed by atoms with van der Waals surface area (Å²) in [5, 5.41) is 2.51. The van der Waals surface area contributed by atoms with Crippen molar-refractivity contribution in [3.63, 3.8) is 0 Å². The maximum Gasteiger partial charge on any atom is 0.333 e. The van der Waals surface area contributed by atoms with Gasteiger partial charge in [-0.05, 0) is 171 Å². The molecule has 0 spiro atoms. The molecule has 0 unspecified atom stereocenters. The van der Waals surface area contributed by atoms with Gasteiger partial charge in [0.05, 0.1) is 11.0 Å². The highest BCUT2D eigenvalue weighted by Gasteiger charge is 2.47. The molecule has 6 heterocycles. The standard InChI is InChI=1S/C98H62B2N4/c1-5-19-63(20-6-1)67-39-47-71(48-40-67)75-27-13-29-79(59-75)101-89-37-17-31-81-83-33-15-35-85-95(83)103(99(93(81)89)87-57-55-77(61-91(87)101)73-51-43-69(44-52-73)65-23-9-3-10-24-65)97-86-36-16-34-84-82-32-18-38-90-94(82)100(104(96(84)86)98(85)97)88-58-56-78(74-53-45-70(46-54-74)66-25-11-4-12-26-66)62-92(88)102(90)80-30-14-28-76(60-80)72-49-41-68(42-50-72)64-21-7-2-8-22-64/h1-62H. The van der Waals surface area contributed by atoms with Gasteiger partial charge in [0, 0.05) is 67.1 Å². The highest BCUT2D eigenvalue weighted by molar-refractivity contribution is 6.92. The zero-order valence-corrected chi connectivity index (χ0v) is 56.7. The van der Waals surface area contributed by atoms with Gasteiger partial charge in [-0.25, -0.2) is 0 Å². The van der Waals surface area contributed by atoms with Crippen LogP contribution < -0.4 is 31.7 Å². The Hall–Kier alpha value is -13.4. The Labute approximate surface area is 604 Å². The molecular weight excluding hydrogens is 1250 g/mol. The minimum absolute atomic E-state index is 0.182. The van der Waals surface area contributed by atoms with E-state index in [1.807, 2.05) is 0 Å². The molecule has 16 aromatic carbocycles. The number of aromatic nitrogens is 2. The van der Waals surface area contributed by atoms with Crippen molar-refractivity contribution >= 4 is 103 Å². The third kappa shape index (κ3) is 8.88. The average Bonchev–Trinajstić information content (AvgIpc) is 1.47. The molecule has 480 valence electrons. The largest absolute Gasteiger partial charge is 0.374 e. The van der Waals surface area contributed by atoms with Crippen LogP contribution >= 0.6 is 0 Å². The number of rotatable bonds is 10. The van der Waals surface area contributed by atoms with Gasteiger partial charge >= 0.3 is 13.7 Å². The lowest BCUT2D eigenvalue weighted by molar-refractivity contribution is 1.25. The van der Waals surface area contributed by atoms with E-state index in [-0.39, 0.29) is 13.7 Å². The van der Waals surface area contributed by atoms with Gasteiger partial charge in [0.1, 0.15) is 0 Å². The van der Waals surface area contributed by atoms with Crippen molar-refractivity contribution < 1.29 is 0 Å². The predicted octanol–water partition coefficient (Wildman–Crippen LogP) is 22.9. The van der Waals surface area contributed by atoms with Gasteiger partial charge in [-0.3, -0.25) is 0 Å². The van der Waals surface area contributed by atoms with Gasteiger partial charge in [-0.15, -0.1) is 0 Å². The average molecular weight is 1320 g/mol. The second-order valence-electron chi connectivity index (χ2n) is 28.2. The normalized spacial score (nSPS) is 12.7. The molecule has 0 saturated carbocycles. The third-order valence-corrected chi connectivity index (χ3v) is 22.7. The van der Waals surface area contributed by atoms with E-state index in [9.17, 15) is 0 Å². The minimum Gasteiger partial charge on any atom is -0.374 e. The maximum atomic E-state index is 2.79. The lowest BCUT2D eigenvalue weighted by Gasteiger charge is -2.41. The molecular formula is C98H62B2N4. The molecule has 4 aliphatic rings. The molecule has 2 aromatic heterocycles. The van der Waals surface area contributed by atoms with Crippen LogP contribution in [-0.4, -0.2) is 22.7 Å². The van der Waals surface area contributed by atoms with Crippen LogP contribution in [0.3, 0.4) is 0 Å². The maximum absolute atomic E-state index is 2.79. The summed E-state index contributed by atoms with van der Waals surface area (Å²) >= 11 is 0. The fourth-order valence-electron chi connectivity index (χ4n) is 18.0. The monoisotopic (exact) mass is 1320 g/mol. The second kappa shape index (κ2) is 23.1. The van der Waals surface area contributed by atoms with Crippen LogP contribution in [0.2, 0.25) is 0 Å². The van der Waals surface area contributed by atoms with E-state index < -0.39 is 0 Å². The molecule has 18 aromatic rings. The number of nitrogens with zero attached hydrogens (tertiary/aromatic N) is 4. The van der Waals surface area contributed by atoms with Gasteiger partial charge in [0.25, 0.3) is 0 Å². The zero-order valence-electron chi connectivity index (χ0n) is 56.7. The van der Waals surface area contributed by atoms with Crippen LogP contribution in [0.4, 0.5) is 34.1 Å². The van der Waals surface area contributed by atoms with Crippen molar-refractivity contribution in [3.8, 4) is 111 Å². The van der Waals surface area contributed by atoms with Crippen LogP contribution in [0, 0.1) is 0 Å². The van der Waals surface area contributed by atoms with Crippen LogP contribution in [0.1, 0.15) is 0 Å². The quantitative estimate of drug-likeness (QED) is 0.127. The van der Waals surface area contributed by atoms with E-state index in [4.69, 9.17) is 0 Å². The van der Waals surface area contributed by atoms with Crippen molar-refractivity contribution in [2.24, 2.45) is 0 Å². The minimum atomic E-state index is -0.182. The molecule has 0 fully saturated rings. The van der Waals surface area contributed by atoms with E-state index >= 15 is 0 Å². The lowest BCUT2D eigenvalue weighted by Crippen LogP contribution is -2.56. The fourth-order valence-corrected chi connectivity index (χ4v) is 18.0. The number of benzene rings is 16. The molecule has 0 N–H and O–H groups in total. The van der Waals surface area contributed by atoms with E-state index in [0.29, 0.717) is 0 Å². The van der Waals surface area contributed by atoms with E-state index in [2.05, 4.69) is 395 Å². The first-order valence-corrected chi connectivity index (χ1v) is 36.2. The van der Waals surface area contributed by atoms with Crippen molar-refractivity contribution in [1.29, 1.82) is 0 Å². The molecule has 0 atom stereocenters. The molecule has 104 heavy (non-hydrogen) atoms. The van der Waals surface area contributed by atoms with Crippen LogP contribution in [-0.2, 0) is 0 Å². The molecule has 0 radical (unpaired) electrons. The van der Waals surface area contributed by atoms with Crippen molar-refractivity contribution in [1.82, 2.24) is 8.96 Å². The molecule has 0 saturated heterocycles. The molecule has 0 bridgehead atoms. The second-order valence-corrected chi connectivity index (χ2v) is 28.2. The smallest absolute Gasteiger partial charge is 0.333 e. The summed E-state index contributed by atoms with van der Waals surface area (Å²) < 4.78 is 5.58. The van der Waals surface area contributed by atoms with Crippen molar-refractivity contribution in [3.05, 3.63) is 376 Å². The molecule has 4 aliphatic heterocycles. The first-order valence-electron chi connectivity index (χ1n) is 36.2. The first-order chi connectivity index (χ1) is 51.6. The summed E-state index contributed by atoms with van der Waals surface area (Å²) in [6.45, 7) is -0.363.